The van der Waals surface area contributed by atoms with Gasteiger partial charge in [-0.05, 0) is 23.7 Å². The van der Waals surface area contributed by atoms with Crippen LogP contribution in [0.3, 0.4) is 0 Å². The van der Waals surface area contributed by atoms with E-state index in [-0.39, 0.29) is 0 Å². The smallest absolute Gasteiger partial charge is 0.0359 e. The molecule has 0 unspecified atom stereocenters. The molecule has 1 aliphatic heterocycles. The highest BCUT2D eigenvalue weighted by Gasteiger charge is 1.97. The molecular weight excluding hydrogens is 116 g/mol. The Morgan fingerprint density at radius 3 is 2.00 bits per heavy atom. The normalized spacial score (nSPS) is 19.8. The van der Waals surface area contributed by atoms with E-state index in [1.807, 2.05) is 12.2 Å². The van der Waals surface area contributed by atoms with Gasteiger partial charge in [0.15, 0.2) is 0 Å². The molecule has 0 amide bonds. The Balaban J connectivity index is 2.57. The van der Waals surface area contributed by atoms with Crippen molar-refractivity contribution in [3.63, 3.8) is 0 Å². The van der Waals surface area contributed by atoms with Gasteiger partial charge in [0.2, 0.25) is 0 Å². The minimum absolute atomic E-state index is 1.32. The van der Waals surface area contributed by atoms with Gasteiger partial charge in [0.05, 0.1) is 0 Å². The van der Waals surface area contributed by atoms with Crippen LogP contribution in [-0.4, -0.2) is 0 Å². The number of hydrogen-bond acceptors (Lipinski definition) is 1. The molecule has 2 radical (unpaired) electrons. The third-order valence-electron chi connectivity index (χ3n) is 0.895. The molecule has 0 aromatic carbocycles. The Morgan fingerprint density at radius 2 is 1.75 bits per heavy atom. The first-order chi connectivity index (χ1) is 3.79. The largest absolute Gasteiger partial charge is 0.100 e. The van der Waals surface area contributed by atoms with Crippen LogP contribution in [0.4, 0.5) is 0 Å². The van der Waals surface area contributed by atoms with Gasteiger partial charge in [0, 0.05) is 6.42 Å². The summed E-state index contributed by atoms with van der Waals surface area (Å²) in [7, 11) is 0. The number of hydrogen-bond donors (Lipinski definition) is 0. The predicted molar refractivity (Wildman–Crippen MR) is 38.3 cm³/mol. The zero-order chi connectivity index (χ0) is 5.98. The SMILES string of the molecule is CC1=C[C]C=C(C)S1. The lowest BCUT2D eigenvalue weighted by atomic mass is 10.3. The second kappa shape index (κ2) is 2.40. The third kappa shape index (κ3) is 1.41. The van der Waals surface area contributed by atoms with Crippen LogP contribution in [0, 0.1) is 6.42 Å². The molecule has 8 heavy (non-hydrogen) atoms. The van der Waals surface area contributed by atoms with Gasteiger partial charge in [-0.25, -0.2) is 0 Å². The molecule has 0 aromatic rings. The molecule has 1 aliphatic rings. The molecule has 0 atom stereocenters. The zero-order valence-electron chi connectivity index (χ0n) is 5.06. The van der Waals surface area contributed by atoms with Crippen LogP contribution in [0.25, 0.3) is 0 Å². The summed E-state index contributed by atoms with van der Waals surface area (Å²) in [6, 6.07) is 0. The summed E-state index contributed by atoms with van der Waals surface area (Å²) in [5.41, 5.74) is 0. The molecule has 0 aromatic heterocycles. The van der Waals surface area contributed by atoms with E-state index in [0.717, 1.165) is 0 Å². The third-order valence-corrected chi connectivity index (χ3v) is 1.77. The average molecular weight is 124 g/mol. The second-order valence-corrected chi connectivity index (χ2v) is 3.27. The fourth-order valence-electron chi connectivity index (χ4n) is 0.589. The van der Waals surface area contributed by atoms with E-state index in [9.17, 15) is 0 Å². The van der Waals surface area contributed by atoms with Crippen LogP contribution in [0.1, 0.15) is 13.8 Å². The highest BCUT2D eigenvalue weighted by atomic mass is 32.2. The maximum absolute atomic E-state index is 3.04. The minimum Gasteiger partial charge on any atom is -0.100 e. The topological polar surface area (TPSA) is 0 Å². The lowest BCUT2D eigenvalue weighted by Gasteiger charge is -2.04. The maximum atomic E-state index is 3.04. The van der Waals surface area contributed by atoms with Crippen molar-refractivity contribution in [1.82, 2.24) is 0 Å². The van der Waals surface area contributed by atoms with Gasteiger partial charge in [0.25, 0.3) is 0 Å². The van der Waals surface area contributed by atoms with E-state index < -0.39 is 0 Å². The quantitative estimate of drug-likeness (QED) is 0.478. The first-order valence-electron chi connectivity index (χ1n) is 2.56. The van der Waals surface area contributed by atoms with Gasteiger partial charge in [-0.1, -0.05) is 12.2 Å². The Hall–Kier alpha value is -0.170. The summed E-state index contributed by atoms with van der Waals surface area (Å²) in [6.07, 6.45) is 7.03. The summed E-state index contributed by atoms with van der Waals surface area (Å²) >= 11 is 1.80. The van der Waals surface area contributed by atoms with Crippen molar-refractivity contribution in [2.75, 3.05) is 0 Å². The molecule has 0 bridgehead atoms. The van der Waals surface area contributed by atoms with E-state index >= 15 is 0 Å². The van der Waals surface area contributed by atoms with Gasteiger partial charge >= 0.3 is 0 Å². The highest BCUT2D eigenvalue weighted by Crippen LogP contribution is 2.28. The van der Waals surface area contributed by atoms with Crippen molar-refractivity contribution < 1.29 is 0 Å². The van der Waals surface area contributed by atoms with Gasteiger partial charge in [-0.3, -0.25) is 0 Å². The van der Waals surface area contributed by atoms with Gasteiger partial charge in [-0.2, -0.15) is 0 Å². The predicted octanol–water partition coefficient (Wildman–Crippen LogP) is 2.62. The maximum Gasteiger partial charge on any atom is 0.0359 e. The van der Waals surface area contributed by atoms with Crippen molar-refractivity contribution in [2.24, 2.45) is 0 Å². The molecule has 0 aliphatic carbocycles. The number of rotatable bonds is 0. The van der Waals surface area contributed by atoms with Crippen molar-refractivity contribution in [3.8, 4) is 0 Å². The Morgan fingerprint density at radius 1 is 1.25 bits per heavy atom. The standard InChI is InChI=1S/C7H8S/c1-6-4-3-5-7(2)8-6/h4-5H,1-2H3. The van der Waals surface area contributed by atoms with E-state index in [1.54, 1.807) is 11.8 Å². The Labute approximate surface area is 54.7 Å². The van der Waals surface area contributed by atoms with Crippen molar-refractivity contribution >= 4 is 11.8 Å². The molecule has 0 saturated heterocycles. The van der Waals surface area contributed by atoms with Crippen molar-refractivity contribution in [1.29, 1.82) is 0 Å². The first kappa shape index (κ1) is 5.96. The molecule has 0 saturated carbocycles. The molecule has 0 fully saturated rings. The summed E-state index contributed by atoms with van der Waals surface area (Å²) in [5, 5.41) is 0. The molecule has 0 spiro atoms. The highest BCUT2D eigenvalue weighted by molar-refractivity contribution is 8.06. The van der Waals surface area contributed by atoms with E-state index in [2.05, 4.69) is 20.3 Å². The summed E-state index contributed by atoms with van der Waals surface area (Å²) < 4.78 is 0. The van der Waals surface area contributed by atoms with E-state index in [4.69, 9.17) is 0 Å². The van der Waals surface area contributed by atoms with Crippen molar-refractivity contribution in [3.05, 3.63) is 28.4 Å². The van der Waals surface area contributed by atoms with Crippen LogP contribution < -0.4 is 0 Å². The first-order valence-corrected chi connectivity index (χ1v) is 3.38. The van der Waals surface area contributed by atoms with Gasteiger partial charge in [0.1, 0.15) is 0 Å². The van der Waals surface area contributed by atoms with Crippen LogP contribution in [-0.2, 0) is 0 Å². The average Bonchev–Trinajstić information content (AvgIpc) is 1.64. The molecule has 1 heteroatoms. The number of thioether (sulfide) groups is 1. The zero-order valence-corrected chi connectivity index (χ0v) is 5.88. The molecule has 0 nitrogen and oxygen atoms in total. The van der Waals surface area contributed by atoms with Crippen LogP contribution in [0.2, 0.25) is 0 Å². The van der Waals surface area contributed by atoms with E-state index in [0.29, 0.717) is 0 Å². The van der Waals surface area contributed by atoms with Gasteiger partial charge < -0.3 is 0 Å². The summed E-state index contributed by atoms with van der Waals surface area (Å²) in [5.74, 6) is 0. The molecular formula is C7H8S. The summed E-state index contributed by atoms with van der Waals surface area (Å²) in [6.45, 7) is 4.18. The Bertz CT molecular complexity index is 126. The van der Waals surface area contributed by atoms with Crippen molar-refractivity contribution in [2.45, 2.75) is 13.8 Å². The lowest BCUT2D eigenvalue weighted by Crippen LogP contribution is -1.77. The molecule has 0 N–H and O–H groups in total. The van der Waals surface area contributed by atoms with Gasteiger partial charge in [-0.15, -0.1) is 11.8 Å². The molecule has 1 rings (SSSR count). The number of allylic oxidation sites excluding steroid dienone is 4. The van der Waals surface area contributed by atoms with Crippen LogP contribution >= 0.6 is 11.8 Å². The fraction of sp³-hybridized carbons (Fsp3) is 0.286. The van der Waals surface area contributed by atoms with E-state index in [1.165, 1.54) is 9.81 Å². The summed E-state index contributed by atoms with van der Waals surface area (Å²) in [4.78, 5) is 2.65. The fourth-order valence-corrected chi connectivity index (χ4v) is 1.35. The monoisotopic (exact) mass is 124 g/mol. The lowest BCUT2D eigenvalue weighted by molar-refractivity contribution is 1.53. The molecule has 42 valence electrons. The minimum atomic E-state index is 1.32. The Kier molecular flexibility index (Phi) is 1.79. The van der Waals surface area contributed by atoms with Crippen LogP contribution in [0.5, 0.6) is 0 Å². The van der Waals surface area contributed by atoms with Crippen LogP contribution in [0.15, 0.2) is 22.0 Å². The second-order valence-electron chi connectivity index (χ2n) is 1.78. The molecule has 1 heterocycles.